The molecule has 0 aromatic heterocycles. The number of allylic oxidation sites excluding steroid dienone is 1. The summed E-state index contributed by atoms with van der Waals surface area (Å²) in [5, 5.41) is 0. The number of hydrogen-bond acceptors (Lipinski definition) is 2. The Kier molecular flexibility index (Phi) is 7.18. The van der Waals surface area contributed by atoms with Gasteiger partial charge < -0.3 is 9.64 Å². The smallest absolute Gasteiger partial charge is 0.410 e. The van der Waals surface area contributed by atoms with E-state index in [0.717, 1.165) is 18.4 Å². The standard InChI is InChI=1S/C17H23NO2/c1-4-6-10-15(3)18(13-5-2)17(19)20-14-16-11-8-7-9-12-16/h4-5,7-9,11-12,15H,1-2,6,10,13-14H2,3H3/t15-/m1/s1. The lowest BCUT2D eigenvalue weighted by Gasteiger charge is -2.27. The number of rotatable bonds is 8. The van der Waals surface area contributed by atoms with Gasteiger partial charge in [-0.25, -0.2) is 4.79 Å². The van der Waals surface area contributed by atoms with Crippen molar-refractivity contribution < 1.29 is 9.53 Å². The van der Waals surface area contributed by atoms with E-state index in [1.165, 1.54) is 0 Å². The van der Waals surface area contributed by atoms with Gasteiger partial charge in [0.1, 0.15) is 6.61 Å². The predicted octanol–water partition coefficient (Wildman–Crippen LogP) is 4.17. The highest BCUT2D eigenvalue weighted by molar-refractivity contribution is 5.68. The molecule has 0 bridgehead atoms. The topological polar surface area (TPSA) is 29.5 Å². The van der Waals surface area contributed by atoms with Crippen molar-refractivity contribution in [1.82, 2.24) is 4.90 Å². The van der Waals surface area contributed by atoms with E-state index in [1.807, 2.05) is 43.3 Å². The lowest BCUT2D eigenvalue weighted by atomic mass is 10.1. The van der Waals surface area contributed by atoms with E-state index in [1.54, 1.807) is 11.0 Å². The van der Waals surface area contributed by atoms with E-state index in [2.05, 4.69) is 13.2 Å². The zero-order valence-electron chi connectivity index (χ0n) is 12.1. The van der Waals surface area contributed by atoms with E-state index >= 15 is 0 Å². The molecule has 0 N–H and O–H groups in total. The molecule has 1 aromatic carbocycles. The molecule has 1 aromatic rings. The highest BCUT2D eigenvalue weighted by Crippen LogP contribution is 2.10. The maximum absolute atomic E-state index is 12.1. The number of ether oxygens (including phenoxy) is 1. The molecular weight excluding hydrogens is 250 g/mol. The Morgan fingerprint density at radius 2 is 2.00 bits per heavy atom. The third kappa shape index (κ3) is 5.31. The third-order valence-electron chi connectivity index (χ3n) is 3.09. The van der Waals surface area contributed by atoms with Crippen LogP contribution in [0.5, 0.6) is 0 Å². The third-order valence-corrected chi connectivity index (χ3v) is 3.09. The van der Waals surface area contributed by atoms with Crippen molar-refractivity contribution in [2.45, 2.75) is 32.4 Å². The molecule has 3 heteroatoms. The van der Waals surface area contributed by atoms with Gasteiger partial charge in [0.2, 0.25) is 0 Å². The number of carbonyl (C=O) groups is 1. The second kappa shape index (κ2) is 8.97. The van der Waals surface area contributed by atoms with Gasteiger partial charge in [-0.15, -0.1) is 13.2 Å². The van der Waals surface area contributed by atoms with Gasteiger partial charge in [0.25, 0.3) is 0 Å². The Morgan fingerprint density at radius 3 is 2.60 bits per heavy atom. The molecular formula is C17H23NO2. The van der Waals surface area contributed by atoms with Crippen LogP contribution in [0.1, 0.15) is 25.3 Å². The largest absolute Gasteiger partial charge is 0.445 e. The van der Waals surface area contributed by atoms with Crippen LogP contribution in [-0.4, -0.2) is 23.6 Å². The molecule has 0 aliphatic rings. The maximum atomic E-state index is 12.1. The molecule has 0 saturated heterocycles. The van der Waals surface area contributed by atoms with Crippen molar-refractivity contribution in [1.29, 1.82) is 0 Å². The molecule has 108 valence electrons. The molecule has 0 spiro atoms. The van der Waals surface area contributed by atoms with Crippen LogP contribution in [0.25, 0.3) is 0 Å². The summed E-state index contributed by atoms with van der Waals surface area (Å²) in [5.74, 6) is 0. The van der Waals surface area contributed by atoms with Gasteiger partial charge in [-0.1, -0.05) is 42.5 Å². The Balaban J connectivity index is 2.54. The van der Waals surface area contributed by atoms with Crippen molar-refractivity contribution in [2.24, 2.45) is 0 Å². The van der Waals surface area contributed by atoms with Gasteiger partial charge in [0.15, 0.2) is 0 Å². The lowest BCUT2D eigenvalue weighted by molar-refractivity contribution is 0.0866. The molecule has 0 aliphatic carbocycles. The first-order valence-corrected chi connectivity index (χ1v) is 6.88. The minimum atomic E-state index is -0.301. The quantitative estimate of drug-likeness (QED) is 0.665. The fourth-order valence-corrected chi connectivity index (χ4v) is 1.89. The Morgan fingerprint density at radius 1 is 1.30 bits per heavy atom. The highest BCUT2D eigenvalue weighted by atomic mass is 16.6. The molecule has 1 amide bonds. The van der Waals surface area contributed by atoms with Gasteiger partial charge in [0, 0.05) is 12.6 Å². The van der Waals surface area contributed by atoms with Crippen molar-refractivity contribution in [3.63, 3.8) is 0 Å². The summed E-state index contributed by atoms with van der Waals surface area (Å²) < 4.78 is 5.36. The number of nitrogens with zero attached hydrogens (tertiary/aromatic N) is 1. The van der Waals surface area contributed by atoms with Gasteiger partial charge >= 0.3 is 6.09 Å². The summed E-state index contributed by atoms with van der Waals surface area (Å²) in [7, 11) is 0. The van der Waals surface area contributed by atoms with Crippen LogP contribution in [-0.2, 0) is 11.3 Å². The minimum Gasteiger partial charge on any atom is -0.445 e. The predicted molar refractivity (Wildman–Crippen MR) is 82.4 cm³/mol. The lowest BCUT2D eigenvalue weighted by Crippen LogP contribution is -2.39. The van der Waals surface area contributed by atoms with Crippen molar-refractivity contribution in [2.75, 3.05) is 6.54 Å². The molecule has 0 aliphatic heterocycles. The van der Waals surface area contributed by atoms with Gasteiger partial charge in [-0.05, 0) is 25.3 Å². The van der Waals surface area contributed by atoms with Crippen molar-refractivity contribution >= 4 is 6.09 Å². The van der Waals surface area contributed by atoms with Crippen LogP contribution in [0.15, 0.2) is 55.6 Å². The summed E-state index contributed by atoms with van der Waals surface area (Å²) in [6.07, 6.45) is 5.02. The number of benzene rings is 1. The van der Waals surface area contributed by atoms with Crippen LogP contribution in [0.2, 0.25) is 0 Å². The number of carbonyl (C=O) groups excluding carboxylic acids is 1. The SMILES string of the molecule is C=CCC[C@@H](C)N(CC=C)C(=O)OCc1ccccc1. The van der Waals surface area contributed by atoms with Crippen molar-refractivity contribution in [3.05, 3.63) is 61.2 Å². The first kappa shape index (κ1) is 16.0. The van der Waals surface area contributed by atoms with Crippen LogP contribution in [0.4, 0.5) is 4.79 Å². The van der Waals surface area contributed by atoms with E-state index in [4.69, 9.17) is 4.74 Å². The first-order valence-electron chi connectivity index (χ1n) is 6.88. The average Bonchev–Trinajstić information content (AvgIpc) is 2.49. The average molecular weight is 273 g/mol. The van der Waals surface area contributed by atoms with E-state index in [9.17, 15) is 4.79 Å². The highest BCUT2D eigenvalue weighted by Gasteiger charge is 2.19. The molecule has 0 unspecified atom stereocenters. The van der Waals surface area contributed by atoms with E-state index in [-0.39, 0.29) is 12.1 Å². The van der Waals surface area contributed by atoms with Crippen LogP contribution >= 0.6 is 0 Å². The molecule has 20 heavy (non-hydrogen) atoms. The van der Waals surface area contributed by atoms with Gasteiger partial charge in [-0.2, -0.15) is 0 Å². The molecule has 3 nitrogen and oxygen atoms in total. The number of amides is 1. The Hall–Kier alpha value is -2.03. The van der Waals surface area contributed by atoms with E-state index < -0.39 is 0 Å². The van der Waals surface area contributed by atoms with Gasteiger partial charge in [-0.3, -0.25) is 0 Å². The van der Waals surface area contributed by atoms with Gasteiger partial charge in [0.05, 0.1) is 0 Å². The molecule has 1 rings (SSSR count). The Bertz CT molecular complexity index is 428. The zero-order chi connectivity index (χ0) is 14.8. The zero-order valence-corrected chi connectivity index (χ0v) is 12.1. The first-order chi connectivity index (χ1) is 9.69. The summed E-state index contributed by atoms with van der Waals surface area (Å²) in [4.78, 5) is 13.8. The normalized spacial score (nSPS) is 11.4. The second-order valence-electron chi connectivity index (χ2n) is 4.70. The molecule has 0 saturated carbocycles. The van der Waals surface area contributed by atoms with E-state index in [0.29, 0.717) is 13.2 Å². The molecule has 0 radical (unpaired) electrons. The molecule has 1 atom stereocenters. The monoisotopic (exact) mass is 273 g/mol. The van der Waals surface area contributed by atoms with Crippen LogP contribution in [0, 0.1) is 0 Å². The minimum absolute atomic E-state index is 0.106. The summed E-state index contributed by atoms with van der Waals surface area (Å²) >= 11 is 0. The molecule has 0 fully saturated rings. The number of hydrogen-bond donors (Lipinski definition) is 0. The fraction of sp³-hybridized carbons (Fsp3) is 0.353. The van der Waals surface area contributed by atoms with Crippen LogP contribution < -0.4 is 0 Å². The van der Waals surface area contributed by atoms with Crippen LogP contribution in [0.3, 0.4) is 0 Å². The summed E-state index contributed by atoms with van der Waals surface area (Å²) in [5.41, 5.74) is 0.984. The fourth-order valence-electron chi connectivity index (χ4n) is 1.89. The summed E-state index contributed by atoms with van der Waals surface area (Å²) in [6, 6.07) is 9.77. The second-order valence-corrected chi connectivity index (χ2v) is 4.70. The summed E-state index contributed by atoms with van der Waals surface area (Å²) in [6.45, 7) is 10.2. The molecule has 0 heterocycles. The maximum Gasteiger partial charge on any atom is 0.410 e. The van der Waals surface area contributed by atoms with Crippen molar-refractivity contribution in [3.8, 4) is 0 Å². The Labute approximate surface area is 121 Å².